The largest absolute Gasteiger partial charge is 0.336 e. The van der Waals surface area contributed by atoms with Crippen molar-refractivity contribution in [1.82, 2.24) is 4.90 Å². The van der Waals surface area contributed by atoms with Gasteiger partial charge in [0.1, 0.15) is 5.82 Å². The van der Waals surface area contributed by atoms with Crippen LogP contribution in [0.1, 0.15) is 15.9 Å². The average Bonchev–Trinajstić information content (AvgIpc) is 2.52. The van der Waals surface area contributed by atoms with Gasteiger partial charge in [-0.25, -0.2) is 4.39 Å². The summed E-state index contributed by atoms with van der Waals surface area (Å²) in [6, 6.07) is 13.6. The summed E-state index contributed by atoms with van der Waals surface area (Å²) in [7, 11) is 0. The summed E-state index contributed by atoms with van der Waals surface area (Å²) >= 11 is 0. The van der Waals surface area contributed by atoms with Crippen LogP contribution in [0, 0.1) is 11.2 Å². The average molecular weight is 310 g/mol. The number of benzene rings is 2. The van der Waals surface area contributed by atoms with E-state index in [2.05, 4.69) is 5.32 Å². The number of hydrogen-bond donors (Lipinski definition) is 1. The number of carbonyl (C=O) groups is 2. The first-order valence-corrected chi connectivity index (χ1v) is 7.52. The van der Waals surface area contributed by atoms with Crippen LogP contribution in [0.3, 0.4) is 0 Å². The third-order valence-corrected chi connectivity index (χ3v) is 4.65. The minimum absolute atomic E-state index is 0.0546. The maximum atomic E-state index is 13.7. The van der Waals surface area contributed by atoms with E-state index in [0.717, 1.165) is 11.3 Å². The normalized spacial score (nSPS) is 18.1. The highest BCUT2D eigenvalue weighted by Gasteiger charge is 2.53. The van der Waals surface area contributed by atoms with E-state index in [1.54, 1.807) is 12.1 Å². The summed E-state index contributed by atoms with van der Waals surface area (Å²) in [5.74, 6) is -0.953. The van der Waals surface area contributed by atoms with Gasteiger partial charge >= 0.3 is 0 Å². The Hall–Kier alpha value is -2.69. The number of nitrogens with zero attached hydrogens (tertiary/aromatic N) is 1. The molecule has 2 aromatic carbocycles. The second-order valence-corrected chi connectivity index (χ2v) is 6.21. The molecule has 116 valence electrons. The minimum atomic E-state index is -0.588. The van der Waals surface area contributed by atoms with Gasteiger partial charge in [-0.05, 0) is 30.2 Å². The lowest BCUT2D eigenvalue weighted by atomic mass is 9.71. The van der Waals surface area contributed by atoms with Gasteiger partial charge in [0.05, 0.1) is 11.0 Å². The lowest BCUT2D eigenvalue weighted by Crippen LogP contribution is -2.65. The van der Waals surface area contributed by atoms with Crippen molar-refractivity contribution in [2.24, 2.45) is 5.41 Å². The van der Waals surface area contributed by atoms with Crippen molar-refractivity contribution in [2.75, 3.05) is 18.4 Å². The van der Waals surface area contributed by atoms with Crippen LogP contribution in [0.4, 0.5) is 10.1 Å². The van der Waals surface area contributed by atoms with Gasteiger partial charge in [0.25, 0.3) is 5.91 Å². The fourth-order valence-corrected chi connectivity index (χ4v) is 3.38. The highest BCUT2D eigenvalue weighted by atomic mass is 19.1. The number of amides is 2. The molecule has 2 aliphatic heterocycles. The number of anilines is 1. The zero-order valence-electron chi connectivity index (χ0n) is 12.4. The van der Waals surface area contributed by atoms with E-state index in [0.29, 0.717) is 19.5 Å². The van der Waals surface area contributed by atoms with Crippen molar-refractivity contribution < 1.29 is 14.0 Å². The van der Waals surface area contributed by atoms with Crippen LogP contribution in [0.2, 0.25) is 0 Å². The SMILES string of the molecule is O=C(c1ccccc1F)N1CC2(Cc3ccccc3NC2=O)C1. The molecule has 4 nitrogen and oxygen atoms in total. The predicted octanol–water partition coefficient (Wildman–Crippen LogP) is 2.46. The molecule has 1 fully saturated rings. The highest BCUT2D eigenvalue weighted by Crippen LogP contribution is 2.41. The first-order valence-electron chi connectivity index (χ1n) is 7.52. The lowest BCUT2D eigenvalue weighted by Gasteiger charge is -2.50. The molecule has 1 saturated heterocycles. The molecule has 1 N–H and O–H groups in total. The molecule has 2 aromatic rings. The van der Waals surface area contributed by atoms with Gasteiger partial charge < -0.3 is 10.2 Å². The third kappa shape index (κ3) is 2.11. The van der Waals surface area contributed by atoms with Crippen molar-refractivity contribution in [1.29, 1.82) is 0 Å². The maximum absolute atomic E-state index is 13.7. The Labute approximate surface area is 132 Å². The maximum Gasteiger partial charge on any atom is 0.256 e. The van der Waals surface area contributed by atoms with Crippen LogP contribution in [0.25, 0.3) is 0 Å². The molecular weight excluding hydrogens is 295 g/mol. The molecule has 0 unspecified atom stereocenters. The number of halogens is 1. The van der Waals surface area contributed by atoms with E-state index in [1.807, 2.05) is 24.3 Å². The molecule has 0 aliphatic carbocycles. The van der Waals surface area contributed by atoms with Crippen molar-refractivity contribution in [3.05, 3.63) is 65.5 Å². The van der Waals surface area contributed by atoms with Crippen molar-refractivity contribution in [3.63, 3.8) is 0 Å². The van der Waals surface area contributed by atoms with E-state index >= 15 is 0 Å². The van der Waals surface area contributed by atoms with Gasteiger partial charge in [-0.3, -0.25) is 9.59 Å². The van der Waals surface area contributed by atoms with Gasteiger partial charge in [0.15, 0.2) is 0 Å². The molecule has 2 amide bonds. The number of fused-ring (bicyclic) bond motifs is 1. The zero-order chi connectivity index (χ0) is 16.0. The van der Waals surface area contributed by atoms with E-state index in [1.165, 1.54) is 17.0 Å². The molecule has 1 spiro atoms. The third-order valence-electron chi connectivity index (χ3n) is 4.65. The molecule has 0 saturated carbocycles. The summed E-state index contributed by atoms with van der Waals surface area (Å²) in [5, 5.41) is 2.91. The number of nitrogens with one attached hydrogen (secondary N) is 1. The fourth-order valence-electron chi connectivity index (χ4n) is 3.38. The summed E-state index contributed by atoms with van der Waals surface area (Å²) in [4.78, 5) is 26.3. The van der Waals surface area contributed by atoms with Crippen LogP contribution in [0.15, 0.2) is 48.5 Å². The molecule has 4 rings (SSSR count). The van der Waals surface area contributed by atoms with E-state index in [-0.39, 0.29) is 17.4 Å². The number of hydrogen-bond acceptors (Lipinski definition) is 2. The zero-order valence-corrected chi connectivity index (χ0v) is 12.4. The van der Waals surface area contributed by atoms with Crippen LogP contribution in [-0.4, -0.2) is 29.8 Å². The number of carbonyl (C=O) groups excluding carboxylic acids is 2. The first-order chi connectivity index (χ1) is 11.1. The van der Waals surface area contributed by atoms with E-state index < -0.39 is 11.2 Å². The smallest absolute Gasteiger partial charge is 0.256 e. The van der Waals surface area contributed by atoms with Gasteiger partial charge in [0.2, 0.25) is 5.91 Å². The second kappa shape index (κ2) is 4.91. The van der Waals surface area contributed by atoms with Crippen LogP contribution >= 0.6 is 0 Å². The van der Waals surface area contributed by atoms with E-state index in [9.17, 15) is 14.0 Å². The van der Waals surface area contributed by atoms with Gasteiger partial charge in [0, 0.05) is 18.8 Å². The van der Waals surface area contributed by atoms with Crippen molar-refractivity contribution in [3.8, 4) is 0 Å². The quantitative estimate of drug-likeness (QED) is 0.879. The highest BCUT2D eigenvalue weighted by molar-refractivity contribution is 6.02. The summed E-state index contributed by atoms with van der Waals surface area (Å²) < 4.78 is 13.7. The molecule has 0 radical (unpaired) electrons. The number of rotatable bonds is 1. The first kappa shape index (κ1) is 13.9. The Morgan fingerprint density at radius 1 is 1.09 bits per heavy atom. The molecule has 0 aromatic heterocycles. The molecule has 2 aliphatic rings. The number of likely N-dealkylation sites (tertiary alicyclic amines) is 1. The van der Waals surface area contributed by atoms with Gasteiger partial charge in [-0.2, -0.15) is 0 Å². The molecular formula is C18H15FN2O2. The summed E-state index contributed by atoms with van der Waals surface area (Å²) in [6.07, 6.45) is 0.607. The topological polar surface area (TPSA) is 49.4 Å². The Kier molecular flexibility index (Phi) is 2.98. The molecule has 23 heavy (non-hydrogen) atoms. The van der Waals surface area contributed by atoms with Crippen LogP contribution in [-0.2, 0) is 11.2 Å². The van der Waals surface area contributed by atoms with Gasteiger partial charge in [-0.15, -0.1) is 0 Å². The fraction of sp³-hybridized carbons (Fsp3) is 0.222. The van der Waals surface area contributed by atoms with Crippen LogP contribution < -0.4 is 5.32 Å². The Bertz CT molecular complexity index is 812. The van der Waals surface area contributed by atoms with Crippen molar-refractivity contribution in [2.45, 2.75) is 6.42 Å². The van der Waals surface area contributed by atoms with Crippen LogP contribution in [0.5, 0.6) is 0 Å². The number of para-hydroxylation sites is 1. The monoisotopic (exact) mass is 310 g/mol. The predicted molar refractivity (Wildman–Crippen MR) is 83.5 cm³/mol. The molecule has 5 heteroatoms. The Balaban J connectivity index is 1.54. The second-order valence-electron chi connectivity index (χ2n) is 6.21. The van der Waals surface area contributed by atoms with E-state index in [4.69, 9.17) is 0 Å². The van der Waals surface area contributed by atoms with Crippen molar-refractivity contribution >= 4 is 17.5 Å². The Morgan fingerprint density at radius 3 is 2.57 bits per heavy atom. The standard InChI is InChI=1S/C18H15FN2O2/c19-14-7-3-2-6-13(14)16(22)21-10-18(11-21)9-12-5-1-4-8-15(12)20-17(18)23/h1-8H,9-11H2,(H,20,23). The lowest BCUT2D eigenvalue weighted by molar-refractivity contribution is -0.134. The molecule has 0 bridgehead atoms. The molecule has 0 atom stereocenters. The Morgan fingerprint density at radius 2 is 1.78 bits per heavy atom. The summed E-state index contributed by atoms with van der Waals surface area (Å²) in [5.41, 5.74) is 1.38. The van der Waals surface area contributed by atoms with Gasteiger partial charge in [-0.1, -0.05) is 30.3 Å². The minimum Gasteiger partial charge on any atom is -0.336 e. The summed E-state index contributed by atoms with van der Waals surface area (Å²) in [6.45, 7) is 0.640. The molecule has 2 heterocycles.